The number of hydrogen-bond acceptors (Lipinski definition) is 4. The second-order valence-corrected chi connectivity index (χ2v) is 7.34. The number of fused-ring (bicyclic) bond motifs is 1. The number of anilines is 1. The molecule has 3 heterocycles. The van der Waals surface area contributed by atoms with Gasteiger partial charge in [-0.15, -0.1) is 11.3 Å². The topological polar surface area (TPSA) is 78.1 Å². The zero-order valence-electron chi connectivity index (χ0n) is 14.4. The Labute approximate surface area is 159 Å². The summed E-state index contributed by atoms with van der Waals surface area (Å²) in [6.45, 7) is 1.01. The first-order valence-electron chi connectivity index (χ1n) is 8.53. The number of nitrogens with zero attached hydrogens (tertiary/aromatic N) is 2. The van der Waals surface area contributed by atoms with E-state index in [-0.39, 0.29) is 11.8 Å². The van der Waals surface area contributed by atoms with E-state index < -0.39 is 5.82 Å². The molecule has 0 fully saturated rings. The van der Waals surface area contributed by atoms with E-state index in [4.69, 9.17) is 0 Å². The summed E-state index contributed by atoms with van der Waals surface area (Å²) in [7, 11) is 0. The molecule has 3 aromatic rings. The average molecular weight is 384 g/mol. The van der Waals surface area contributed by atoms with Crippen LogP contribution in [0.3, 0.4) is 0 Å². The van der Waals surface area contributed by atoms with E-state index in [0.29, 0.717) is 37.3 Å². The normalized spacial score (nSPS) is 13.3. The van der Waals surface area contributed by atoms with Crippen molar-refractivity contribution in [2.24, 2.45) is 0 Å². The SMILES string of the molecule is O=C(Nc1n[nH]c2c1CN(C(=O)Cc1cccs1)CC2)c1ccc(F)cc1. The molecule has 2 amide bonds. The number of amides is 2. The highest BCUT2D eigenvalue weighted by Gasteiger charge is 2.26. The highest BCUT2D eigenvalue weighted by molar-refractivity contribution is 7.10. The first-order valence-corrected chi connectivity index (χ1v) is 9.41. The van der Waals surface area contributed by atoms with Crippen molar-refractivity contribution in [3.8, 4) is 0 Å². The summed E-state index contributed by atoms with van der Waals surface area (Å²) in [6, 6.07) is 9.19. The van der Waals surface area contributed by atoms with Crippen LogP contribution in [-0.2, 0) is 24.2 Å². The molecule has 0 bridgehead atoms. The van der Waals surface area contributed by atoms with Crippen molar-refractivity contribution in [3.05, 3.63) is 69.3 Å². The molecule has 0 spiro atoms. The zero-order chi connectivity index (χ0) is 18.8. The molecule has 6 nitrogen and oxygen atoms in total. The standard InChI is InChI=1S/C19H17FN4O2S/c20-13-5-3-12(4-6-13)19(26)21-18-15-11-24(8-7-16(15)22-23-18)17(25)10-14-2-1-9-27-14/h1-6,9H,7-8,10-11H2,(H2,21,22,23,26). The van der Waals surface area contributed by atoms with E-state index in [1.165, 1.54) is 24.3 Å². The number of hydrogen-bond donors (Lipinski definition) is 2. The van der Waals surface area contributed by atoms with Crippen molar-refractivity contribution < 1.29 is 14.0 Å². The van der Waals surface area contributed by atoms with Crippen molar-refractivity contribution in [1.82, 2.24) is 15.1 Å². The van der Waals surface area contributed by atoms with Crippen LogP contribution in [0.4, 0.5) is 10.2 Å². The lowest BCUT2D eigenvalue weighted by molar-refractivity contribution is -0.131. The molecule has 4 rings (SSSR count). The summed E-state index contributed by atoms with van der Waals surface area (Å²) in [5.74, 6) is -0.303. The third-order valence-electron chi connectivity index (χ3n) is 4.53. The molecule has 1 aromatic carbocycles. The number of carbonyl (C=O) groups excluding carboxylic acids is 2. The molecular weight excluding hydrogens is 367 g/mol. The van der Waals surface area contributed by atoms with Crippen LogP contribution in [0.2, 0.25) is 0 Å². The highest BCUT2D eigenvalue weighted by Crippen LogP contribution is 2.25. The van der Waals surface area contributed by atoms with Crippen LogP contribution in [0.15, 0.2) is 41.8 Å². The lowest BCUT2D eigenvalue weighted by Gasteiger charge is -2.27. The molecule has 0 atom stereocenters. The molecule has 0 unspecified atom stereocenters. The lowest BCUT2D eigenvalue weighted by atomic mass is 10.1. The number of thiophene rings is 1. The van der Waals surface area contributed by atoms with Gasteiger partial charge in [0.2, 0.25) is 5.91 Å². The van der Waals surface area contributed by atoms with Gasteiger partial charge in [0.1, 0.15) is 5.82 Å². The lowest BCUT2D eigenvalue weighted by Crippen LogP contribution is -2.37. The summed E-state index contributed by atoms with van der Waals surface area (Å²) in [4.78, 5) is 27.7. The van der Waals surface area contributed by atoms with Gasteiger partial charge in [0.05, 0.1) is 13.0 Å². The van der Waals surface area contributed by atoms with Gasteiger partial charge in [0.15, 0.2) is 5.82 Å². The fourth-order valence-corrected chi connectivity index (χ4v) is 3.76. The van der Waals surface area contributed by atoms with Gasteiger partial charge in [0, 0.05) is 34.7 Å². The minimum absolute atomic E-state index is 0.0557. The monoisotopic (exact) mass is 384 g/mol. The Morgan fingerprint density at radius 2 is 2.07 bits per heavy atom. The van der Waals surface area contributed by atoms with Crippen LogP contribution in [0.25, 0.3) is 0 Å². The maximum atomic E-state index is 13.0. The molecule has 0 radical (unpaired) electrons. The number of nitrogens with one attached hydrogen (secondary N) is 2. The maximum Gasteiger partial charge on any atom is 0.256 e. The number of benzene rings is 1. The molecule has 0 saturated heterocycles. The first-order chi connectivity index (χ1) is 13.1. The van der Waals surface area contributed by atoms with E-state index in [1.54, 1.807) is 16.2 Å². The minimum atomic E-state index is -0.399. The molecular formula is C19H17FN4O2S. The Bertz CT molecular complexity index is 966. The fraction of sp³-hybridized carbons (Fsp3) is 0.211. The summed E-state index contributed by atoms with van der Waals surface area (Å²) in [5.41, 5.74) is 2.08. The first kappa shape index (κ1) is 17.4. The Kier molecular flexibility index (Phi) is 4.72. The Morgan fingerprint density at radius 1 is 1.26 bits per heavy atom. The van der Waals surface area contributed by atoms with Crippen LogP contribution in [0.5, 0.6) is 0 Å². The third kappa shape index (κ3) is 3.75. The quantitative estimate of drug-likeness (QED) is 0.726. The Morgan fingerprint density at radius 3 is 2.81 bits per heavy atom. The van der Waals surface area contributed by atoms with Crippen LogP contribution in [0, 0.1) is 5.82 Å². The van der Waals surface area contributed by atoms with Gasteiger partial charge < -0.3 is 10.2 Å². The van der Waals surface area contributed by atoms with Crippen molar-refractivity contribution in [1.29, 1.82) is 0 Å². The highest BCUT2D eigenvalue weighted by atomic mass is 32.1. The van der Waals surface area contributed by atoms with Gasteiger partial charge in [-0.2, -0.15) is 5.10 Å². The molecule has 138 valence electrons. The van der Waals surface area contributed by atoms with Crippen LogP contribution < -0.4 is 5.32 Å². The van der Waals surface area contributed by atoms with E-state index in [2.05, 4.69) is 15.5 Å². The third-order valence-corrected chi connectivity index (χ3v) is 5.41. The summed E-state index contributed by atoms with van der Waals surface area (Å²) >= 11 is 1.56. The van der Waals surface area contributed by atoms with Crippen molar-refractivity contribution >= 4 is 29.0 Å². The summed E-state index contributed by atoms with van der Waals surface area (Å²) < 4.78 is 13.0. The fourth-order valence-electron chi connectivity index (χ4n) is 3.07. The number of aromatic nitrogens is 2. The van der Waals surface area contributed by atoms with E-state index in [1.807, 2.05) is 17.5 Å². The van der Waals surface area contributed by atoms with Gasteiger partial charge >= 0.3 is 0 Å². The van der Waals surface area contributed by atoms with Gasteiger partial charge in [-0.1, -0.05) is 6.07 Å². The van der Waals surface area contributed by atoms with Crippen LogP contribution >= 0.6 is 11.3 Å². The Balaban J connectivity index is 1.47. The maximum absolute atomic E-state index is 13.0. The number of halogens is 1. The van der Waals surface area contributed by atoms with Crippen LogP contribution in [-0.4, -0.2) is 33.5 Å². The molecule has 0 saturated carbocycles. The second kappa shape index (κ2) is 7.32. The molecule has 2 N–H and O–H groups in total. The predicted molar refractivity (Wildman–Crippen MR) is 100 cm³/mol. The van der Waals surface area contributed by atoms with Crippen LogP contribution in [0.1, 0.15) is 26.5 Å². The summed E-state index contributed by atoms with van der Waals surface area (Å²) in [6.07, 6.45) is 1.03. The van der Waals surface area contributed by atoms with Crippen molar-refractivity contribution in [3.63, 3.8) is 0 Å². The molecule has 8 heteroatoms. The largest absolute Gasteiger partial charge is 0.337 e. The number of carbonyl (C=O) groups is 2. The van der Waals surface area contributed by atoms with E-state index in [0.717, 1.165) is 16.1 Å². The molecule has 0 aliphatic carbocycles. The zero-order valence-corrected chi connectivity index (χ0v) is 15.2. The van der Waals surface area contributed by atoms with Gasteiger partial charge in [-0.25, -0.2) is 4.39 Å². The number of aromatic amines is 1. The second-order valence-electron chi connectivity index (χ2n) is 6.31. The minimum Gasteiger partial charge on any atom is -0.337 e. The van der Waals surface area contributed by atoms with Crippen molar-refractivity contribution in [2.45, 2.75) is 19.4 Å². The van der Waals surface area contributed by atoms with Gasteiger partial charge in [0.25, 0.3) is 5.91 Å². The van der Waals surface area contributed by atoms with E-state index >= 15 is 0 Å². The molecule has 1 aliphatic heterocycles. The predicted octanol–water partition coefficient (Wildman–Crippen LogP) is 2.99. The molecule has 1 aliphatic rings. The number of rotatable bonds is 4. The van der Waals surface area contributed by atoms with Gasteiger partial charge in [-0.3, -0.25) is 14.7 Å². The smallest absolute Gasteiger partial charge is 0.256 e. The Hall–Kier alpha value is -3.00. The molecule has 2 aromatic heterocycles. The van der Waals surface area contributed by atoms with E-state index in [9.17, 15) is 14.0 Å². The molecule has 27 heavy (non-hydrogen) atoms. The van der Waals surface area contributed by atoms with Crippen molar-refractivity contribution in [2.75, 3.05) is 11.9 Å². The van der Waals surface area contributed by atoms with Gasteiger partial charge in [-0.05, 0) is 35.7 Å². The number of H-pyrrole nitrogens is 1. The summed E-state index contributed by atoms with van der Waals surface area (Å²) in [5, 5.41) is 11.8. The average Bonchev–Trinajstić information content (AvgIpc) is 3.32.